The minimum atomic E-state index is 0. The van der Waals surface area contributed by atoms with Crippen LogP contribution in [0.1, 0.15) is 0 Å². The van der Waals surface area contributed by atoms with E-state index >= 15 is 0 Å². The van der Waals surface area contributed by atoms with Crippen molar-refractivity contribution in [3.8, 4) is 0 Å². The van der Waals surface area contributed by atoms with Crippen LogP contribution < -0.4 is 41.5 Å². The van der Waals surface area contributed by atoms with E-state index in [-0.39, 0.29) is 17.1 Å². The third-order valence-corrected chi connectivity index (χ3v) is 7.31. The molecule has 0 saturated carbocycles. The molecule has 0 atom stereocenters. The van der Waals surface area contributed by atoms with Gasteiger partial charge in [0.1, 0.15) is 0 Å². The molecule has 2 aromatic rings. The fourth-order valence-electron chi connectivity index (χ4n) is 1.12. The van der Waals surface area contributed by atoms with Crippen molar-refractivity contribution in [2.45, 2.75) is 0 Å². The zero-order chi connectivity index (χ0) is 14.0. The second-order valence-electron chi connectivity index (χ2n) is 3.44. The van der Waals surface area contributed by atoms with Crippen molar-refractivity contribution >= 4 is 123 Å². The molecule has 0 amide bonds. The van der Waals surface area contributed by atoms with Gasteiger partial charge in [0.05, 0.1) is 0 Å². The molecule has 9 heteroatoms. The molecule has 0 bridgehead atoms. The Bertz CT molecular complexity index is 461. The van der Waals surface area contributed by atoms with E-state index in [9.17, 15) is 0 Å². The molecule has 0 unspecified atom stereocenters. The van der Waals surface area contributed by atoms with E-state index < -0.39 is 0 Å². The topological polar surface area (TPSA) is 0 Å². The fraction of sp³-hybridized carbons (Fsp3) is 0. The summed E-state index contributed by atoms with van der Waals surface area (Å²) in [7, 11) is 27.3. The van der Waals surface area contributed by atoms with E-state index in [0.717, 1.165) is 41.5 Å². The maximum atomic E-state index is 3.42. The molecule has 0 aliphatic rings. The summed E-state index contributed by atoms with van der Waals surface area (Å²) >= 11 is 0. The summed E-state index contributed by atoms with van der Waals surface area (Å²) < 4.78 is 0. The molecule has 0 N–H and O–H groups in total. The van der Waals surface area contributed by atoms with Crippen LogP contribution in [-0.4, -0.2) is 81.9 Å². The van der Waals surface area contributed by atoms with Crippen molar-refractivity contribution in [3.05, 3.63) is 12.1 Å². The summed E-state index contributed by atoms with van der Waals surface area (Å²) in [6, 6.07) is 3.94. The van der Waals surface area contributed by atoms with Crippen LogP contribution in [0.3, 0.4) is 0 Å². The van der Waals surface area contributed by atoms with Crippen molar-refractivity contribution in [1.29, 1.82) is 0 Å². The van der Waals surface area contributed by atoms with Gasteiger partial charge in [0.25, 0.3) is 0 Å². The van der Waals surface area contributed by atoms with Crippen LogP contribution in [0.4, 0.5) is 0 Å². The second kappa shape index (κ2) is 8.41. The van der Waals surface area contributed by atoms with Crippen molar-refractivity contribution in [2.24, 2.45) is 0 Å². The smallest absolute Gasteiger partial charge is 0.211 e. The van der Waals surface area contributed by atoms with Crippen molar-refractivity contribution in [1.82, 2.24) is 0 Å². The third-order valence-electron chi connectivity index (χ3n) is 2.15. The van der Waals surface area contributed by atoms with E-state index in [1.165, 1.54) is 0 Å². The molecule has 0 heterocycles. The summed E-state index contributed by atoms with van der Waals surface area (Å²) in [6.45, 7) is 0. The molecule has 2 rings (SSSR count). The number of rotatable bonds is 0. The molecule has 0 aliphatic heterocycles. The molecule has 0 aromatic heterocycles. The molecule has 24 radical (unpaired) electrons. The minimum Gasteiger partial charge on any atom is -0.211 e. The Hall–Kier alpha value is 0.955. The monoisotopic (exact) mass is 402 g/mol. The van der Waals surface area contributed by atoms with E-state index in [2.05, 4.69) is 81.9 Å². The largest absolute Gasteiger partial charge is 2.00 e. The van der Waals surface area contributed by atoms with Gasteiger partial charge in [-0.05, 0) is 41.0 Å². The van der Waals surface area contributed by atoms with Crippen LogP contribution in [-0.2, 0) is 17.1 Å². The molecule has 19 heavy (non-hydrogen) atoms. The Morgan fingerprint density at radius 1 is 0.421 bits per heavy atom. The van der Waals surface area contributed by atoms with E-state index in [1.54, 1.807) is 0 Å². The SMILES string of the molecule is [Fe+2].[Si]c1[cH-]c([Si])c([Si])c1[Si].[Si]c1[cH-]c([Si])c([Si])c1[Si]. The second-order valence-corrected chi connectivity index (χ2v) is 7.60. The van der Waals surface area contributed by atoms with Gasteiger partial charge >= 0.3 is 17.1 Å². The fourth-order valence-corrected chi connectivity index (χ4v) is 3.81. The Morgan fingerprint density at radius 2 is 0.579 bits per heavy atom. The van der Waals surface area contributed by atoms with Crippen LogP contribution in [0.2, 0.25) is 0 Å². The van der Waals surface area contributed by atoms with Crippen LogP contribution in [0.15, 0.2) is 12.1 Å². The first-order valence-electron chi connectivity index (χ1n) is 4.65. The van der Waals surface area contributed by atoms with Gasteiger partial charge in [-0.25, -0.2) is 20.7 Å². The minimum absolute atomic E-state index is 0. The van der Waals surface area contributed by atoms with Crippen LogP contribution in [0.25, 0.3) is 0 Å². The predicted molar refractivity (Wildman–Crippen MR) is 87.2 cm³/mol. The summed E-state index contributed by atoms with van der Waals surface area (Å²) in [5, 5.41) is 8.31. The Kier molecular flexibility index (Phi) is 8.83. The maximum Gasteiger partial charge on any atom is 2.00 e. The molecule has 0 aliphatic carbocycles. The van der Waals surface area contributed by atoms with Crippen LogP contribution in [0, 0.1) is 0 Å². The maximum absolute atomic E-state index is 3.42. The molecular formula is C10H2FeSi8. The normalized spacial score (nSPS) is 9.68. The van der Waals surface area contributed by atoms with Crippen molar-refractivity contribution in [2.75, 3.05) is 0 Å². The summed E-state index contributed by atoms with van der Waals surface area (Å²) in [5.41, 5.74) is 0. The van der Waals surface area contributed by atoms with E-state index in [0.29, 0.717) is 0 Å². The molecule has 82 valence electrons. The van der Waals surface area contributed by atoms with E-state index in [1.807, 2.05) is 12.1 Å². The first-order chi connectivity index (χ1) is 8.25. The van der Waals surface area contributed by atoms with Crippen LogP contribution >= 0.6 is 0 Å². The molecule has 0 nitrogen and oxygen atoms in total. The molecule has 0 saturated heterocycles. The van der Waals surface area contributed by atoms with Crippen LogP contribution in [0.5, 0.6) is 0 Å². The Labute approximate surface area is 151 Å². The van der Waals surface area contributed by atoms with Crippen molar-refractivity contribution in [3.63, 3.8) is 0 Å². The predicted octanol–water partition coefficient (Wildman–Crippen LogP) is -6.84. The average Bonchev–Trinajstić information content (AvgIpc) is 2.66. The van der Waals surface area contributed by atoms with Gasteiger partial charge in [0.2, 0.25) is 0 Å². The average molecular weight is 403 g/mol. The first kappa shape index (κ1) is 20.0. The van der Waals surface area contributed by atoms with Gasteiger partial charge in [0, 0.05) is 41.0 Å². The summed E-state index contributed by atoms with van der Waals surface area (Å²) in [4.78, 5) is 0. The summed E-state index contributed by atoms with van der Waals surface area (Å²) in [5.74, 6) is 0. The zero-order valence-corrected chi connectivity index (χ0v) is 18.6. The van der Waals surface area contributed by atoms with Gasteiger partial charge in [-0.15, -0.1) is 0 Å². The Morgan fingerprint density at radius 3 is 0.632 bits per heavy atom. The number of hydrogen-bond donors (Lipinski definition) is 0. The van der Waals surface area contributed by atoms with Gasteiger partial charge < -0.3 is 0 Å². The van der Waals surface area contributed by atoms with Gasteiger partial charge in [-0.1, -0.05) is 0 Å². The molecule has 0 spiro atoms. The quantitative estimate of drug-likeness (QED) is 0.304. The molecular weight excluding hydrogens is 401 g/mol. The van der Waals surface area contributed by atoms with Gasteiger partial charge in [-0.2, -0.15) is 32.9 Å². The van der Waals surface area contributed by atoms with Crippen molar-refractivity contribution < 1.29 is 17.1 Å². The number of hydrogen-bond acceptors (Lipinski definition) is 0. The molecule has 0 fully saturated rings. The van der Waals surface area contributed by atoms with Gasteiger partial charge in [-0.3, -0.25) is 0 Å². The summed E-state index contributed by atoms with van der Waals surface area (Å²) in [6.07, 6.45) is 0. The zero-order valence-electron chi connectivity index (χ0n) is 9.51. The van der Waals surface area contributed by atoms with E-state index in [4.69, 9.17) is 0 Å². The standard InChI is InChI=1S/2C5HSi4.Fe/c2*6-2-1-3(7)5(9)4(2)8;/h2*1H;/q2*-1;+2. The third kappa shape index (κ3) is 5.02. The van der Waals surface area contributed by atoms with Gasteiger partial charge in [0.15, 0.2) is 0 Å². The molecule has 2 aromatic carbocycles. The Balaban J connectivity index is 0.000000324. The first-order valence-corrected chi connectivity index (χ1v) is 8.65.